The molecule has 2 heterocycles. The summed E-state index contributed by atoms with van der Waals surface area (Å²) >= 11 is 0. The second-order valence-corrected chi connectivity index (χ2v) is 7.93. The molecule has 1 atom stereocenters. The third-order valence-corrected chi connectivity index (χ3v) is 5.14. The van der Waals surface area contributed by atoms with Crippen LogP contribution in [0.5, 0.6) is 17.2 Å². The van der Waals surface area contributed by atoms with Gasteiger partial charge in [-0.3, -0.25) is 4.79 Å². The maximum atomic E-state index is 13.0. The van der Waals surface area contributed by atoms with Crippen LogP contribution in [0.15, 0.2) is 30.3 Å². The first kappa shape index (κ1) is 17.7. The van der Waals surface area contributed by atoms with E-state index in [-0.39, 0.29) is 17.4 Å². The van der Waals surface area contributed by atoms with Crippen LogP contribution >= 0.6 is 0 Å². The highest BCUT2D eigenvalue weighted by Gasteiger charge is 2.34. The molecule has 4 rings (SSSR count). The molecule has 27 heavy (non-hydrogen) atoms. The smallest absolute Gasteiger partial charge is 0.232 e. The highest BCUT2D eigenvalue weighted by Crippen LogP contribution is 2.44. The summed E-state index contributed by atoms with van der Waals surface area (Å²) in [5, 5.41) is 3.07. The molecule has 1 unspecified atom stereocenters. The zero-order valence-corrected chi connectivity index (χ0v) is 16.2. The van der Waals surface area contributed by atoms with Crippen LogP contribution in [0.1, 0.15) is 42.9 Å². The summed E-state index contributed by atoms with van der Waals surface area (Å²) in [5.41, 5.74) is 3.59. The number of carbonyl (C=O) groups is 1. The quantitative estimate of drug-likeness (QED) is 0.882. The van der Waals surface area contributed by atoms with Crippen molar-refractivity contribution in [2.45, 2.75) is 45.1 Å². The molecule has 5 nitrogen and oxygen atoms in total. The van der Waals surface area contributed by atoms with Gasteiger partial charge in [-0.15, -0.1) is 0 Å². The van der Waals surface area contributed by atoms with Gasteiger partial charge in [-0.2, -0.15) is 0 Å². The van der Waals surface area contributed by atoms with Gasteiger partial charge < -0.3 is 19.5 Å². The molecule has 2 aromatic carbocycles. The van der Waals surface area contributed by atoms with E-state index in [1.54, 1.807) is 7.11 Å². The summed E-state index contributed by atoms with van der Waals surface area (Å²) in [4.78, 5) is 13.0. The predicted molar refractivity (Wildman–Crippen MR) is 104 cm³/mol. The summed E-state index contributed by atoms with van der Waals surface area (Å²) < 4.78 is 17.2. The molecule has 1 N–H and O–H groups in total. The number of ether oxygens (including phenoxy) is 3. The molecule has 0 saturated heterocycles. The average Bonchev–Trinajstić information content (AvgIpc) is 2.94. The zero-order chi connectivity index (χ0) is 19.2. The van der Waals surface area contributed by atoms with Crippen LogP contribution in [-0.4, -0.2) is 25.2 Å². The largest absolute Gasteiger partial charge is 0.493 e. The minimum absolute atomic E-state index is 0.0245. The van der Waals surface area contributed by atoms with E-state index >= 15 is 0 Å². The summed E-state index contributed by atoms with van der Waals surface area (Å²) in [7, 11) is 1.62. The molecule has 5 heteroatoms. The third kappa shape index (κ3) is 3.34. The number of anilines is 1. The Morgan fingerprint density at radius 3 is 2.85 bits per heavy atom. The number of hydrogen-bond donors (Lipinski definition) is 1. The molecule has 2 aliphatic heterocycles. The molecule has 0 radical (unpaired) electrons. The topological polar surface area (TPSA) is 56.8 Å². The SMILES string of the molecule is COc1cc(NC(=O)C2CCOc3cc(C)ccc32)cc2c1OC(C)(C)C2. The normalized spacial score (nSPS) is 19.3. The first-order valence-electron chi connectivity index (χ1n) is 9.30. The van der Waals surface area contributed by atoms with Gasteiger partial charge in [-0.1, -0.05) is 12.1 Å². The molecule has 0 spiro atoms. The zero-order valence-electron chi connectivity index (χ0n) is 16.2. The van der Waals surface area contributed by atoms with Gasteiger partial charge in [-0.25, -0.2) is 0 Å². The Balaban J connectivity index is 1.60. The Bertz CT molecular complexity index is 903. The van der Waals surface area contributed by atoms with Gasteiger partial charge in [0.25, 0.3) is 0 Å². The molecule has 2 aliphatic rings. The molecule has 0 bridgehead atoms. The molecular formula is C22H25NO4. The Labute approximate surface area is 159 Å². The fourth-order valence-electron chi connectivity index (χ4n) is 3.90. The fourth-order valence-corrected chi connectivity index (χ4v) is 3.90. The number of amides is 1. The summed E-state index contributed by atoms with van der Waals surface area (Å²) in [6, 6.07) is 9.82. The van der Waals surface area contributed by atoms with Crippen LogP contribution in [-0.2, 0) is 11.2 Å². The molecule has 0 saturated carbocycles. The van der Waals surface area contributed by atoms with Gasteiger partial charge >= 0.3 is 0 Å². The molecule has 142 valence electrons. The van der Waals surface area contributed by atoms with E-state index < -0.39 is 0 Å². The first-order chi connectivity index (χ1) is 12.9. The van der Waals surface area contributed by atoms with Crippen LogP contribution in [0.3, 0.4) is 0 Å². The Hall–Kier alpha value is -2.69. The van der Waals surface area contributed by atoms with Crippen molar-refractivity contribution in [3.63, 3.8) is 0 Å². The number of rotatable bonds is 3. The van der Waals surface area contributed by atoms with E-state index in [4.69, 9.17) is 14.2 Å². The summed E-state index contributed by atoms with van der Waals surface area (Å²) in [6.07, 6.45) is 1.45. The van der Waals surface area contributed by atoms with Crippen LogP contribution in [0.4, 0.5) is 5.69 Å². The van der Waals surface area contributed by atoms with Crippen molar-refractivity contribution in [3.8, 4) is 17.2 Å². The minimum atomic E-state index is -0.268. The van der Waals surface area contributed by atoms with Gasteiger partial charge in [0.2, 0.25) is 5.91 Å². The van der Waals surface area contributed by atoms with Crippen molar-refractivity contribution in [1.29, 1.82) is 0 Å². The number of methoxy groups -OCH3 is 1. The lowest BCUT2D eigenvalue weighted by Gasteiger charge is -2.25. The van der Waals surface area contributed by atoms with E-state index in [0.717, 1.165) is 40.3 Å². The van der Waals surface area contributed by atoms with Gasteiger partial charge in [0.05, 0.1) is 19.6 Å². The number of hydrogen-bond acceptors (Lipinski definition) is 4. The van der Waals surface area contributed by atoms with Crippen LogP contribution < -0.4 is 19.5 Å². The molecule has 0 fully saturated rings. The highest BCUT2D eigenvalue weighted by atomic mass is 16.5. The second-order valence-electron chi connectivity index (χ2n) is 7.93. The van der Waals surface area contributed by atoms with Crippen molar-refractivity contribution in [2.24, 2.45) is 0 Å². The van der Waals surface area contributed by atoms with Crippen molar-refractivity contribution in [3.05, 3.63) is 47.0 Å². The lowest BCUT2D eigenvalue weighted by Crippen LogP contribution is -2.26. The van der Waals surface area contributed by atoms with Gasteiger partial charge in [0.1, 0.15) is 11.4 Å². The van der Waals surface area contributed by atoms with Crippen molar-refractivity contribution in [1.82, 2.24) is 0 Å². The monoisotopic (exact) mass is 367 g/mol. The number of fused-ring (bicyclic) bond motifs is 2. The van der Waals surface area contributed by atoms with E-state index in [1.807, 2.05) is 51.1 Å². The molecule has 1 amide bonds. The van der Waals surface area contributed by atoms with Gasteiger partial charge in [-0.05, 0) is 44.9 Å². The second kappa shape index (κ2) is 6.48. The Morgan fingerprint density at radius 2 is 2.07 bits per heavy atom. The Morgan fingerprint density at radius 1 is 1.26 bits per heavy atom. The molecular weight excluding hydrogens is 342 g/mol. The van der Waals surface area contributed by atoms with E-state index in [1.165, 1.54) is 0 Å². The van der Waals surface area contributed by atoms with E-state index in [9.17, 15) is 4.79 Å². The number of aryl methyl sites for hydroxylation is 1. The third-order valence-electron chi connectivity index (χ3n) is 5.14. The summed E-state index contributed by atoms with van der Waals surface area (Å²) in [6.45, 7) is 6.66. The fraction of sp³-hybridized carbons (Fsp3) is 0.409. The van der Waals surface area contributed by atoms with E-state index in [0.29, 0.717) is 18.8 Å². The minimum Gasteiger partial charge on any atom is -0.493 e. The highest BCUT2D eigenvalue weighted by molar-refractivity contribution is 5.97. The van der Waals surface area contributed by atoms with Crippen molar-refractivity contribution < 1.29 is 19.0 Å². The predicted octanol–water partition coefficient (Wildman–Crippen LogP) is 4.22. The van der Waals surface area contributed by atoms with Crippen LogP contribution in [0.2, 0.25) is 0 Å². The van der Waals surface area contributed by atoms with Crippen LogP contribution in [0, 0.1) is 6.92 Å². The standard InChI is InChI=1S/C22H25NO4/c1-13-5-6-16-17(7-8-26-18(16)9-13)21(24)23-15-10-14-12-22(2,3)27-20(14)19(11-15)25-4/h5-6,9-11,17H,7-8,12H2,1-4H3,(H,23,24). The number of carbonyl (C=O) groups excluding carboxylic acids is 1. The van der Waals surface area contributed by atoms with E-state index in [2.05, 4.69) is 5.32 Å². The van der Waals surface area contributed by atoms with Gasteiger partial charge in [0.15, 0.2) is 11.5 Å². The maximum Gasteiger partial charge on any atom is 0.232 e. The number of nitrogens with one attached hydrogen (secondary N) is 1. The summed E-state index contributed by atoms with van der Waals surface area (Å²) in [5.74, 6) is 1.98. The molecule has 0 aliphatic carbocycles. The molecule has 0 aromatic heterocycles. The Kier molecular flexibility index (Phi) is 4.25. The molecule has 2 aromatic rings. The average molecular weight is 367 g/mol. The number of benzene rings is 2. The maximum absolute atomic E-state index is 13.0. The van der Waals surface area contributed by atoms with Crippen molar-refractivity contribution in [2.75, 3.05) is 19.0 Å². The van der Waals surface area contributed by atoms with Gasteiger partial charge in [0, 0.05) is 29.3 Å². The van der Waals surface area contributed by atoms with Crippen LogP contribution in [0.25, 0.3) is 0 Å². The lowest BCUT2D eigenvalue weighted by atomic mass is 9.91. The first-order valence-corrected chi connectivity index (χ1v) is 9.30. The van der Waals surface area contributed by atoms with Crippen molar-refractivity contribution >= 4 is 11.6 Å². The lowest BCUT2D eigenvalue weighted by molar-refractivity contribution is -0.118.